The van der Waals surface area contributed by atoms with Crippen LogP contribution in [0.5, 0.6) is 5.88 Å². The number of fused-ring (bicyclic) bond motifs is 2. The second-order valence-corrected chi connectivity index (χ2v) is 7.63. The fraction of sp³-hybridized carbons (Fsp3) is 0.667. The molecule has 8 heteroatoms. The average molecular weight is 318 g/mol. The van der Waals surface area contributed by atoms with Gasteiger partial charge in [-0.15, -0.1) is 0 Å². The summed E-state index contributed by atoms with van der Waals surface area (Å²) >= 11 is 5.33. The molecule has 112 valence electrons. The van der Waals surface area contributed by atoms with Crippen LogP contribution < -0.4 is 4.52 Å². The Balaban J connectivity index is 2.26. The van der Waals surface area contributed by atoms with E-state index in [1.807, 2.05) is 27.7 Å². The van der Waals surface area contributed by atoms with E-state index in [2.05, 4.69) is 9.97 Å². The smallest absolute Gasteiger partial charge is 0.381 e. The third-order valence-corrected chi connectivity index (χ3v) is 5.07. The summed E-state index contributed by atoms with van der Waals surface area (Å²) in [5, 5.41) is 0. The Labute approximate surface area is 124 Å². The van der Waals surface area contributed by atoms with Crippen LogP contribution in [0.4, 0.5) is 0 Å². The monoisotopic (exact) mass is 318 g/mol. The maximum atomic E-state index is 5.71. The summed E-state index contributed by atoms with van der Waals surface area (Å²) in [6.07, 6.45) is 0. The van der Waals surface area contributed by atoms with Crippen molar-refractivity contribution in [2.24, 2.45) is 0 Å². The van der Waals surface area contributed by atoms with Crippen LogP contribution in [0.3, 0.4) is 0 Å². The van der Waals surface area contributed by atoms with Gasteiger partial charge in [-0.2, -0.15) is 4.98 Å². The van der Waals surface area contributed by atoms with Crippen molar-refractivity contribution in [3.63, 3.8) is 0 Å². The molecule has 0 saturated heterocycles. The lowest BCUT2D eigenvalue weighted by molar-refractivity contribution is -0.0533. The summed E-state index contributed by atoms with van der Waals surface area (Å²) in [6.45, 7) is 5.99. The molecule has 0 unspecified atom stereocenters. The Morgan fingerprint density at radius 3 is 2.55 bits per heavy atom. The molecular weight excluding hydrogens is 299 g/mol. The summed E-state index contributed by atoms with van der Waals surface area (Å²) in [5.41, 5.74) is 0.227. The van der Waals surface area contributed by atoms with Gasteiger partial charge in [0.15, 0.2) is 5.82 Å². The van der Waals surface area contributed by atoms with E-state index >= 15 is 0 Å². The molecule has 0 fully saturated rings. The van der Waals surface area contributed by atoms with Crippen molar-refractivity contribution in [1.29, 1.82) is 0 Å². The van der Waals surface area contributed by atoms with E-state index in [1.54, 1.807) is 6.07 Å². The standard InChI is InChI=1S/C12H19N2O4PS/c1-5-16-19(20,17-6-2)18-10-7-9-8-15-12(3,4)11(13-9)14-10/h7H,5-6,8H2,1-4H3. The third kappa shape index (κ3) is 3.54. The van der Waals surface area contributed by atoms with Gasteiger partial charge in [-0.25, -0.2) is 4.98 Å². The van der Waals surface area contributed by atoms with Gasteiger partial charge in [-0.05, 0) is 27.7 Å². The number of ether oxygens (including phenoxy) is 1. The van der Waals surface area contributed by atoms with Gasteiger partial charge in [-0.3, -0.25) is 9.05 Å². The number of hydrogen-bond acceptors (Lipinski definition) is 7. The van der Waals surface area contributed by atoms with E-state index in [9.17, 15) is 0 Å². The molecular formula is C12H19N2O4PS. The molecule has 20 heavy (non-hydrogen) atoms. The molecule has 0 N–H and O–H groups in total. The first kappa shape index (κ1) is 15.8. The maximum Gasteiger partial charge on any atom is 0.381 e. The normalized spacial score (nSPS) is 17.0. The fourth-order valence-electron chi connectivity index (χ4n) is 1.70. The van der Waals surface area contributed by atoms with Crippen LogP contribution in [0, 0.1) is 0 Å². The maximum absolute atomic E-state index is 5.71. The molecule has 1 aliphatic heterocycles. The molecule has 0 radical (unpaired) electrons. The highest BCUT2D eigenvalue weighted by molar-refractivity contribution is 8.07. The van der Waals surface area contributed by atoms with Crippen LogP contribution in [-0.4, -0.2) is 23.2 Å². The molecule has 0 saturated carbocycles. The lowest BCUT2D eigenvalue weighted by Gasteiger charge is -2.29. The van der Waals surface area contributed by atoms with E-state index < -0.39 is 12.3 Å². The van der Waals surface area contributed by atoms with Crippen molar-refractivity contribution in [3.05, 3.63) is 17.6 Å². The van der Waals surface area contributed by atoms with Crippen LogP contribution >= 0.6 is 6.72 Å². The first-order chi connectivity index (χ1) is 9.38. The summed E-state index contributed by atoms with van der Waals surface area (Å²) in [5.74, 6) is 0.956. The summed E-state index contributed by atoms with van der Waals surface area (Å²) in [6, 6.07) is 1.71. The molecule has 1 aromatic heterocycles. The van der Waals surface area contributed by atoms with Crippen LogP contribution in [-0.2, 0) is 37.8 Å². The van der Waals surface area contributed by atoms with Gasteiger partial charge in [0.1, 0.15) is 5.60 Å². The van der Waals surface area contributed by atoms with Crippen LogP contribution in [0.15, 0.2) is 6.07 Å². The highest BCUT2D eigenvalue weighted by Crippen LogP contribution is 2.49. The Morgan fingerprint density at radius 1 is 1.30 bits per heavy atom. The lowest BCUT2D eigenvalue weighted by atomic mass is 10.1. The summed E-state index contributed by atoms with van der Waals surface area (Å²) < 4.78 is 22.3. The molecule has 0 aliphatic carbocycles. The zero-order chi connectivity index (χ0) is 14.8. The molecule has 2 bridgehead atoms. The predicted octanol–water partition coefficient (Wildman–Crippen LogP) is 2.92. The predicted molar refractivity (Wildman–Crippen MR) is 78.0 cm³/mol. The van der Waals surface area contributed by atoms with Crippen molar-refractivity contribution in [1.82, 2.24) is 9.97 Å². The van der Waals surface area contributed by atoms with Gasteiger partial charge in [0, 0.05) is 17.9 Å². The van der Waals surface area contributed by atoms with Gasteiger partial charge in [0.2, 0.25) is 5.88 Å². The fourth-order valence-corrected chi connectivity index (χ4v) is 3.70. The van der Waals surface area contributed by atoms with Gasteiger partial charge < -0.3 is 9.26 Å². The second-order valence-electron chi connectivity index (χ2n) is 4.69. The number of aromatic nitrogens is 2. The lowest BCUT2D eigenvalue weighted by Crippen LogP contribution is -2.29. The second kappa shape index (κ2) is 6.03. The molecule has 1 aromatic rings. The van der Waals surface area contributed by atoms with Gasteiger partial charge in [0.25, 0.3) is 0 Å². The molecule has 0 atom stereocenters. The zero-order valence-corrected chi connectivity index (χ0v) is 13.8. The van der Waals surface area contributed by atoms with Crippen molar-refractivity contribution in [2.75, 3.05) is 13.2 Å². The van der Waals surface area contributed by atoms with Crippen molar-refractivity contribution in [2.45, 2.75) is 39.9 Å². The third-order valence-electron chi connectivity index (χ3n) is 2.65. The Hall–Kier alpha value is -0.590. The summed E-state index contributed by atoms with van der Waals surface area (Å²) in [4.78, 5) is 8.74. The minimum atomic E-state index is -2.81. The molecule has 0 spiro atoms. The average Bonchev–Trinajstić information content (AvgIpc) is 2.35. The van der Waals surface area contributed by atoms with E-state index in [0.29, 0.717) is 31.5 Å². The minimum Gasteiger partial charge on any atom is -0.406 e. The van der Waals surface area contributed by atoms with Crippen LogP contribution in [0.1, 0.15) is 39.2 Å². The molecule has 2 rings (SSSR count). The first-order valence-electron chi connectivity index (χ1n) is 6.49. The van der Waals surface area contributed by atoms with Crippen LogP contribution in [0.25, 0.3) is 0 Å². The number of rotatable bonds is 6. The number of hydrogen-bond donors (Lipinski definition) is 0. The van der Waals surface area contributed by atoms with Crippen LogP contribution in [0.2, 0.25) is 0 Å². The molecule has 1 aliphatic rings. The molecule has 0 aromatic carbocycles. The highest BCUT2D eigenvalue weighted by Gasteiger charge is 2.31. The molecule has 0 amide bonds. The van der Waals surface area contributed by atoms with Crippen molar-refractivity contribution < 1.29 is 18.3 Å². The minimum absolute atomic E-state index is 0.381. The Kier molecular flexibility index (Phi) is 4.76. The quantitative estimate of drug-likeness (QED) is 0.747. The molecule has 6 nitrogen and oxygen atoms in total. The molecule has 2 heterocycles. The highest BCUT2D eigenvalue weighted by atomic mass is 32.5. The van der Waals surface area contributed by atoms with E-state index in [1.165, 1.54) is 0 Å². The van der Waals surface area contributed by atoms with Crippen molar-refractivity contribution in [3.8, 4) is 5.88 Å². The van der Waals surface area contributed by atoms with Crippen molar-refractivity contribution >= 4 is 18.5 Å². The largest absolute Gasteiger partial charge is 0.406 e. The van der Waals surface area contributed by atoms with E-state index in [4.69, 9.17) is 30.1 Å². The van der Waals surface area contributed by atoms with Gasteiger partial charge in [0.05, 0.1) is 25.5 Å². The van der Waals surface area contributed by atoms with Gasteiger partial charge in [-0.1, -0.05) is 0 Å². The van der Waals surface area contributed by atoms with E-state index in [-0.39, 0.29) is 0 Å². The van der Waals surface area contributed by atoms with Gasteiger partial charge >= 0.3 is 6.72 Å². The Bertz CT molecular complexity index is 528. The van der Waals surface area contributed by atoms with E-state index in [0.717, 1.165) is 5.69 Å². The summed E-state index contributed by atoms with van der Waals surface area (Å²) in [7, 11) is 0. The number of nitrogens with zero attached hydrogens (tertiary/aromatic N) is 2. The first-order valence-corrected chi connectivity index (χ1v) is 9.05. The zero-order valence-electron chi connectivity index (χ0n) is 12.1. The Morgan fingerprint density at radius 2 is 1.95 bits per heavy atom. The topological polar surface area (TPSA) is 62.7 Å². The SMILES string of the molecule is CCOP(=S)(OCC)Oc1cc2nc(n1)C(C)(C)OC2.